The second-order valence-corrected chi connectivity index (χ2v) is 7.48. The van der Waals surface area contributed by atoms with E-state index in [1.54, 1.807) is 12.1 Å². The molecule has 27 heavy (non-hydrogen) atoms. The van der Waals surface area contributed by atoms with Crippen LogP contribution in [0.5, 0.6) is 0 Å². The predicted octanol–water partition coefficient (Wildman–Crippen LogP) is 6.01. The fourth-order valence-corrected chi connectivity index (χ4v) is 3.40. The lowest BCUT2D eigenvalue weighted by Gasteiger charge is -2.15. The summed E-state index contributed by atoms with van der Waals surface area (Å²) in [7, 11) is 0. The number of imide groups is 1. The summed E-state index contributed by atoms with van der Waals surface area (Å²) in [5.74, 6) is -0.738. The van der Waals surface area contributed by atoms with Crippen molar-refractivity contribution in [2.24, 2.45) is 0 Å². The maximum atomic E-state index is 13.1. The molecule has 2 N–H and O–H groups in total. The lowest BCUT2D eigenvalue weighted by molar-refractivity contribution is -0.0563. The molecule has 0 aliphatic carbocycles. The molecule has 2 aromatic carbocycles. The standard InChI is InChI=1S/C16H10BrClF4N2O2S/c17-10-7-8(27-16(21,22)14(19)20)5-6-12(10)23-15(26)24-13(25)9-3-1-2-4-11(9)18/h1-7,14H,(H2,23,24,25,26). The van der Waals surface area contributed by atoms with Crippen LogP contribution in [-0.4, -0.2) is 23.6 Å². The summed E-state index contributed by atoms with van der Waals surface area (Å²) in [6.07, 6.45) is -3.82. The molecule has 11 heteroatoms. The van der Waals surface area contributed by atoms with E-state index in [1.807, 2.05) is 0 Å². The average Bonchev–Trinajstić information content (AvgIpc) is 2.57. The van der Waals surface area contributed by atoms with Gasteiger partial charge in [0, 0.05) is 9.37 Å². The summed E-state index contributed by atoms with van der Waals surface area (Å²) in [5.41, 5.74) is 0.235. The normalized spacial score (nSPS) is 11.4. The molecule has 0 radical (unpaired) electrons. The Morgan fingerprint density at radius 1 is 1.15 bits per heavy atom. The number of benzene rings is 2. The molecule has 0 aromatic heterocycles. The number of hydrogen-bond donors (Lipinski definition) is 2. The largest absolute Gasteiger partial charge is 0.357 e. The SMILES string of the molecule is O=C(NC(=O)c1ccccc1Cl)Nc1ccc(SC(F)(F)C(F)F)cc1Br. The zero-order chi connectivity index (χ0) is 20.2. The van der Waals surface area contributed by atoms with Crippen molar-refractivity contribution < 1.29 is 27.2 Å². The van der Waals surface area contributed by atoms with Crippen molar-refractivity contribution >= 4 is 56.9 Å². The number of urea groups is 1. The van der Waals surface area contributed by atoms with Crippen LogP contribution in [0.15, 0.2) is 51.8 Å². The molecule has 2 rings (SSSR count). The zero-order valence-electron chi connectivity index (χ0n) is 13.1. The van der Waals surface area contributed by atoms with E-state index in [9.17, 15) is 27.2 Å². The summed E-state index contributed by atoms with van der Waals surface area (Å²) in [6.45, 7) is 0. The summed E-state index contributed by atoms with van der Waals surface area (Å²) >= 11 is 8.61. The quantitative estimate of drug-likeness (QED) is 0.402. The lowest BCUT2D eigenvalue weighted by Crippen LogP contribution is -2.34. The third-order valence-electron chi connectivity index (χ3n) is 3.04. The van der Waals surface area contributed by atoms with E-state index in [0.717, 1.165) is 12.1 Å². The molecule has 3 amide bonds. The fraction of sp³-hybridized carbons (Fsp3) is 0.125. The second-order valence-electron chi connectivity index (χ2n) is 4.99. The first-order chi connectivity index (χ1) is 12.6. The van der Waals surface area contributed by atoms with E-state index < -0.39 is 23.6 Å². The number of alkyl halides is 4. The number of carbonyl (C=O) groups excluding carboxylic acids is 2. The van der Waals surface area contributed by atoms with E-state index in [-0.39, 0.29) is 37.4 Å². The Morgan fingerprint density at radius 3 is 2.41 bits per heavy atom. The summed E-state index contributed by atoms with van der Waals surface area (Å²) in [6, 6.07) is 8.72. The van der Waals surface area contributed by atoms with Crippen molar-refractivity contribution in [3.8, 4) is 0 Å². The van der Waals surface area contributed by atoms with Gasteiger partial charge in [0.1, 0.15) is 0 Å². The molecule has 0 fully saturated rings. The van der Waals surface area contributed by atoms with Crippen molar-refractivity contribution in [2.45, 2.75) is 16.6 Å². The molecule has 0 bridgehead atoms. The van der Waals surface area contributed by atoms with Crippen LogP contribution in [0.1, 0.15) is 10.4 Å². The number of carbonyl (C=O) groups is 2. The van der Waals surface area contributed by atoms with E-state index in [2.05, 4.69) is 26.6 Å². The monoisotopic (exact) mass is 484 g/mol. The molecule has 0 aliphatic heterocycles. The van der Waals surface area contributed by atoms with Crippen molar-refractivity contribution in [3.63, 3.8) is 0 Å². The highest BCUT2D eigenvalue weighted by Gasteiger charge is 2.42. The first-order valence-electron chi connectivity index (χ1n) is 7.11. The molecule has 0 aliphatic rings. The van der Waals surface area contributed by atoms with Gasteiger partial charge in [0.2, 0.25) is 0 Å². The summed E-state index contributed by atoms with van der Waals surface area (Å²) in [4.78, 5) is 23.8. The second kappa shape index (κ2) is 8.94. The van der Waals surface area contributed by atoms with Gasteiger partial charge in [-0.2, -0.15) is 8.78 Å². The van der Waals surface area contributed by atoms with Crippen LogP contribution < -0.4 is 10.6 Å². The maximum Gasteiger partial charge on any atom is 0.357 e. The van der Waals surface area contributed by atoms with Gasteiger partial charge in [0.15, 0.2) is 0 Å². The molecule has 0 unspecified atom stereocenters. The molecule has 0 atom stereocenters. The van der Waals surface area contributed by atoms with Crippen molar-refractivity contribution in [3.05, 3.63) is 57.5 Å². The number of anilines is 1. The number of nitrogens with one attached hydrogen (secondary N) is 2. The van der Waals surface area contributed by atoms with Crippen LogP contribution in [0.25, 0.3) is 0 Å². The molecule has 4 nitrogen and oxygen atoms in total. The highest BCUT2D eigenvalue weighted by Crippen LogP contribution is 2.41. The van der Waals surface area contributed by atoms with E-state index >= 15 is 0 Å². The predicted molar refractivity (Wildman–Crippen MR) is 98.9 cm³/mol. The Bertz CT molecular complexity index is 870. The van der Waals surface area contributed by atoms with Crippen LogP contribution >= 0.6 is 39.3 Å². The molecular formula is C16H10BrClF4N2O2S. The molecule has 0 saturated heterocycles. The van der Waals surface area contributed by atoms with Gasteiger partial charge >= 0.3 is 17.7 Å². The molecular weight excluding hydrogens is 476 g/mol. The first kappa shape index (κ1) is 21.5. The lowest BCUT2D eigenvalue weighted by atomic mass is 10.2. The number of thioether (sulfide) groups is 1. The topological polar surface area (TPSA) is 58.2 Å². The van der Waals surface area contributed by atoms with Crippen molar-refractivity contribution in [1.82, 2.24) is 5.32 Å². The van der Waals surface area contributed by atoms with Gasteiger partial charge in [-0.3, -0.25) is 10.1 Å². The van der Waals surface area contributed by atoms with Crippen LogP contribution in [0.3, 0.4) is 0 Å². The molecule has 2 aromatic rings. The Labute approximate surface area is 168 Å². The minimum absolute atomic E-state index is 0.0920. The smallest absolute Gasteiger partial charge is 0.307 e. The van der Waals surface area contributed by atoms with Crippen LogP contribution in [0.2, 0.25) is 5.02 Å². The molecule has 0 heterocycles. The van der Waals surface area contributed by atoms with Gasteiger partial charge in [0.25, 0.3) is 5.91 Å². The van der Waals surface area contributed by atoms with Gasteiger partial charge in [-0.15, -0.1) is 0 Å². The minimum atomic E-state index is -4.24. The highest BCUT2D eigenvalue weighted by molar-refractivity contribution is 9.10. The summed E-state index contributed by atoms with van der Waals surface area (Å²) < 4.78 is 50.8. The van der Waals surface area contributed by atoms with Crippen molar-refractivity contribution in [1.29, 1.82) is 0 Å². The molecule has 144 valence electrons. The number of hydrogen-bond acceptors (Lipinski definition) is 3. The van der Waals surface area contributed by atoms with Crippen LogP contribution in [0, 0.1) is 0 Å². The first-order valence-corrected chi connectivity index (χ1v) is 9.10. The fourth-order valence-electron chi connectivity index (χ4n) is 1.83. The number of amides is 3. The van der Waals surface area contributed by atoms with Crippen molar-refractivity contribution in [2.75, 3.05) is 5.32 Å². The van der Waals surface area contributed by atoms with Crippen LogP contribution in [-0.2, 0) is 0 Å². The molecule has 0 spiro atoms. The molecule has 0 saturated carbocycles. The summed E-state index contributed by atoms with van der Waals surface area (Å²) in [5, 5.41) is 0.314. The van der Waals surface area contributed by atoms with E-state index in [1.165, 1.54) is 18.2 Å². The third kappa shape index (κ3) is 5.85. The minimum Gasteiger partial charge on any atom is -0.307 e. The average molecular weight is 486 g/mol. The van der Waals surface area contributed by atoms with Gasteiger partial charge < -0.3 is 5.32 Å². The Balaban J connectivity index is 2.04. The Kier molecular flexibility index (Phi) is 7.12. The maximum absolute atomic E-state index is 13.1. The van der Waals surface area contributed by atoms with Gasteiger partial charge in [-0.25, -0.2) is 13.6 Å². The van der Waals surface area contributed by atoms with E-state index in [4.69, 9.17) is 11.6 Å². The zero-order valence-corrected chi connectivity index (χ0v) is 16.3. The number of rotatable bonds is 5. The number of halogens is 6. The van der Waals surface area contributed by atoms with Gasteiger partial charge in [0.05, 0.1) is 16.3 Å². The van der Waals surface area contributed by atoms with Gasteiger partial charge in [-0.05, 0) is 58.0 Å². The van der Waals surface area contributed by atoms with Gasteiger partial charge in [-0.1, -0.05) is 23.7 Å². The Hall–Kier alpha value is -1.78. The highest BCUT2D eigenvalue weighted by atomic mass is 79.9. The Morgan fingerprint density at radius 2 is 1.81 bits per heavy atom. The van der Waals surface area contributed by atoms with Crippen LogP contribution in [0.4, 0.5) is 28.0 Å². The third-order valence-corrected chi connectivity index (χ3v) is 4.97. The van der Waals surface area contributed by atoms with E-state index in [0.29, 0.717) is 0 Å².